The van der Waals surface area contributed by atoms with Crippen LogP contribution in [0.15, 0.2) is 30.3 Å². The number of benzene rings is 1. The lowest BCUT2D eigenvalue weighted by Gasteiger charge is -2.06. The van der Waals surface area contributed by atoms with Crippen molar-refractivity contribution in [2.75, 3.05) is 6.61 Å². The molecule has 1 aromatic carbocycles. The lowest BCUT2D eigenvalue weighted by Crippen LogP contribution is -2.13. The molecule has 90 valence electrons. The molecule has 1 N–H and O–H groups in total. The van der Waals surface area contributed by atoms with E-state index in [-0.39, 0.29) is 12.4 Å². The summed E-state index contributed by atoms with van der Waals surface area (Å²) in [5.74, 6) is -0.131. The third-order valence-corrected chi connectivity index (χ3v) is 3.20. The van der Waals surface area contributed by atoms with Crippen molar-refractivity contribution in [3.05, 3.63) is 35.9 Å². The van der Waals surface area contributed by atoms with E-state index in [1.54, 1.807) is 31.2 Å². The minimum absolute atomic E-state index is 0.0207. The molecule has 0 saturated carbocycles. The van der Waals surface area contributed by atoms with Crippen LogP contribution in [0, 0.1) is 0 Å². The van der Waals surface area contributed by atoms with Crippen molar-refractivity contribution in [3.8, 4) is 0 Å². The van der Waals surface area contributed by atoms with Crippen molar-refractivity contribution in [3.63, 3.8) is 0 Å². The van der Waals surface area contributed by atoms with E-state index in [4.69, 9.17) is 9.29 Å². The molecule has 0 radical (unpaired) electrons. The monoisotopic (exact) mass is 244 g/mol. The Morgan fingerprint density at radius 1 is 1.31 bits per heavy atom. The predicted molar refractivity (Wildman–Crippen MR) is 61.3 cm³/mol. The van der Waals surface area contributed by atoms with Gasteiger partial charge in [-0.3, -0.25) is 4.18 Å². The summed E-state index contributed by atoms with van der Waals surface area (Å²) in [5.41, 5.74) is 0.694. The maximum Gasteiger partial charge on any atom is 0.271 e. The van der Waals surface area contributed by atoms with Crippen molar-refractivity contribution >= 4 is 10.1 Å². The number of rotatable bonds is 6. The molecular weight excluding hydrogens is 228 g/mol. The summed E-state index contributed by atoms with van der Waals surface area (Å²) in [4.78, 5) is 0. The first-order valence-electron chi connectivity index (χ1n) is 5.09. The normalized spacial score (nSPS) is 13.6. The summed E-state index contributed by atoms with van der Waals surface area (Å²) in [5, 5.41) is 8.96. The number of hydrogen-bond acceptors (Lipinski definition) is 4. The van der Waals surface area contributed by atoms with Crippen molar-refractivity contribution in [2.45, 2.75) is 25.2 Å². The van der Waals surface area contributed by atoms with Crippen LogP contribution in [-0.4, -0.2) is 26.2 Å². The fourth-order valence-electron chi connectivity index (χ4n) is 1.17. The Bertz CT molecular complexity index is 397. The van der Waals surface area contributed by atoms with Gasteiger partial charge in [0.15, 0.2) is 0 Å². The van der Waals surface area contributed by atoms with Gasteiger partial charge in [-0.15, -0.1) is 0 Å². The summed E-state index contributed by atoms with van der Waals surface area (Å²) >= 11 is 0. The van der Waals surface area contributed by atoms with E-state index in [0.29, 0.717) is 12.0 Å². The second kappa shape index (κ2) is 5.98. The lowest BCUT2D eigenvalue weighted by molar-refractivity contribution is 0.157. The molecule has 0 aliphatic rings. The first-order chi connectivity index (χ1) is 7.49. The third kappa shape index (κ3) is 5.25. The van der Waals surface area contributed by atoms with Crippen LogP contribution >= 0.6 is 0 Å². The highest BCUT2D eigenvalue weighted by molar-refractivity contribution is 7.85. The van der Waals surface area contributed by atoms with Crippen LogP contribution in [0.25, 0.3) is 0 Å². The Kier molecular flexibility index (Phi) is 4.92. The molecule has 0 aromatic heterocycles. The maximum atomic E-state index is 11.5. The molecule has 0 amide bonds. The van der Waals surface area contributed by atoms with Crippen LogP contribution in [-0.2, 0) is 20.1 Å². The zero-order chi connectivity index (χ0) is 12.0. The van der Waals surface area contributed by atoms with E-state index in [1.165, 1.54) is 0 Å². The molecule has 0 aliphatic heterocycles. The molecule has 1 atom stereocenters. The van der Waals surface area contributed by atoms with E-state index in [2.05, 4.69) is 0 Å². The van der Waals surface area contributed by atoms with Crippen LogP contribution in [0.4, 0.5) is 0 Å². The Balaban J connectivity index is 2.46. The van der Waals surface area contributed by atoms with Gasteiger partial charge in [-0.1, -0.05) is 30.3 Å². The van der Waals surface area contributed by atoms with Gasteiger partial charge < -0.3 is 5.11 Å². The maximum absolute atomic E-state index is 11.5. The average Bonchev–Trinajstić information content (AvgIpc) is 2.17. The standard InChI is InChI=1S/C11H16O4S/c1-10(12)7-8-15-16(13,14)9-11-5-3-2-4-6-11/h2-6,10,12H,7-9H2,1H3/t10-/m1/s1. The highest BCUT2D eigenvalue weighted by Crippen LogP contribution is 2.07. The first-order valence-corrected chi connectivity index (χ1v) is 6.66. The molecule has 0 fully saturated rings. The fourth-order valence-corrected chi connectivity index (χ4v) is 2.20. The molecule has 0 bridgehead atoms. The zero-order valence-electron chi connectivity index (χ0n) is 9.17. The Hall–Kier alpha value is -0.910. The highest BCUT2D eigenvalue weighted by Gasteiger charge is 2.12. The Labute approximate surface area is 96.0 Å². The van der Waals surface area contributed by atoms with E-state index < -0.39 is 16.2 Å². The first kappa shape index (κ1) is 13.2. The van der Waals surface area contributed by atoms with Crippen LogP contribution in [0.2, 0.25) is 0 Å². The molecule has 16 heavy (non-hydrogen) atoms. The summed E-state index contributed by atoms with van der Waals surface area (Å²) in [6, 6.07) is 8.84. The van der Waals surface area contributed by atoms with Gasteiger partial charge in [0.1, 0.15) is 5.75 Å². The molecule has 0 aliphatic carbocycles. The Morgan fingerprint density at radius 2 is 1.94 bits per heavy atom. The molecule has 0 spiro atoms. The quantitative estimate of drug-likeness (QED) is 0.766. The van der Waals surface area contributed by atoms with E-state index in [0.717, 1.165) is 0 Å². The second-order valence-electron chi connectivity index (χ2n) is 3.65. The van der Waals surface area contributed by atoms with Gasteiger partial charge in [0.2, 0.25) is 0 Å². The number of aliphatic hydroxyl groups is 1. The van der Waals surface area contributed by atoms with Gasteiger partial charge in [0.05, 0.1) is 12.7 Å². The van der Waals surface area contributed by atoms with Crippen molar-refractivity contribution in [2.24, 2.45) is 0 Å². The lowest BCUT2D eigenvalue weighted by atomic mass is 10.2. The van der Waals surface area contributed by atoms with Gasteiger partial charge in [-0.05, 0) is 18.9 Å². The van der Waals surface area contributed by atoms with E-state index in [1.807, 2.05) is 6.07 Å². The third-order valence-electron chi connectivity index (χ3n) is 1.98. The molecule has 0 heterocycles. The average molecular weight is 244 g/mol. The summed E-state index contributed by atoms with van der Waals surface area (Å²) in [7, 11) is -3.54. The van der Waals surface area contributed by atoms with Crippen molar-refractivity contribution < 1.29 is 17.7 Å². The highest BCUT2D eigenvalue weighted by atomic mass is 32.2. The molecule has 1 aromatic rings. The number of aliphatic hydroxyl groups excluding tert-OH is 1. The van der Waals surface area contributed by atoms with Gasteiger partial charge in [-0.25, -0.2) is 0 Å². The SMILES string of the molecule is C[C@@H](O)CCOS(=O)(=O)Cc1ccccc1. The van der Waals surface area contributed by atoms with Gasteiger partial charge in [0.25, 0.3) is 10.1 Å². The number of hydrogen-bond donors (Lipinski definition) is 1. The second-order valence-corrected chi connectivity index (χ2v) is 5.29. The summed E-state index contributed by atoms with van der Waals surface area (Å²) in [6.45, 7) is 1.61. The molecular formula is C11H16O4S. The van der Waals surface area contributed by atoms with Gasteiger partial charge in [0, 0.05) is 0 Å². The molecule has 1 rings (SSSR count). The van der Waals surface area contributed by atoms with Crippen molar-refractivity contribution in [1.82, 2.24) is 0 Å². The molecule has 0 saturated heterocycles. The molecule has 0 unspecified atom stereocenters. The van der Waals surface area contributed by atoms with E-state index >= 15 is 0 Å². The predicted octanol–water partition coefficient (Wildman–Crippen LogP) is 1.30. The fraction of sp³-hybridized carbons (Fsp3) is 0.455. The minimum Gasteiger partial charge on any atom is -0.393 e. The van der Waals surface area contributed by atoms with Crippen LogP contribution in [0.5, 0.6) is 0 Å². The van der Waals surface area contributed by atoms with E-state index in [9.17, 15) is 8.42 Å². The minimum atomic E-state index is -3.54. The van der Waals surface area contributed by atoms with Gasteiger partial charge in [-0.2, -0.15) is 8.42 Å². The smallest absolute Gasteiger partial charge is 0.271 e. The summed E-state index contributed by atoms with van der Waals surface area (Å²) < 4.78 is 27.7. The Morgan fingerprint density at radius 3 is 2.50 bits per heavy atom. The van der Waals surface area contributed by atoms with Crippen molar-refractivity contribution in [1.29, 1.82) is 0 Å². The largest absolute Gasteiger partial charge is 0.393 e. The van der Waals surface area contributed by atoms with Gasteiger partial charge >= 0.3 is 0 Å². The molecule has 5 heteroatoms. The van der Waals surface area contributed by atoms with Crippen LogP contribution in [0.3, 0.4) is 0 Å². The molecule has 4 nitrogen and oxygen atoms in total. The summed E-state index contributed by atoms with van der Waals surface area (Å²) in [6.07, 6.45) is -0.236. The van der Waals surface area contributed by atoms with Crippen LogP contribution < -0.4 is 0 Å². The topological polar surface area (TPSA) is 63.6 Å². The van der Waals surface area contributed by atoms with Crippen LogP contribution in [0.1, 0.15) is 18.9 Å². The zero-order valence-corrected chi connectivity index (χ0v) is 9.98.